The second-order valence-corrected chi connectivity index (χ2v) is 3.59. The maximum atomic E-state index is 11.8. The van der Waals surface area contributed by atoms with Gasteiger partial charge in [0, 0.05) is 5.69 Å². The molecule has 0 spiro atoms. The number of carbonyl (C=O) groups excluding carboxylic acids is 1. The van der Waals surface area contributed by atoms with Gasteiger partial charge in [-0.2, -0.15) is 0 Å². The first-order chi connectivity index (χ1) is 8.15. The summed E-state index contributed by atoms with van der Waals surface area (Å²) in [6, 6.07) is 8.60. The maximum absolute atomic E-state index is 11.8. The molecule has 2 aromatic heterocycles. The maximum Gasteiger partial charge on any atom is 0.274 e. The number of nitrogens with zero attached hydrogens (tertiary/aromatic N) is 2. The molecule has 2 rings (SSSR count). The van der Waals surface area contributed by atoms with Crippen molar-refractivity contribution < 1.29 is 4.79 Å². The number of carbonyl (C=O) groups is 1. The van der Waals surface area contributed by atoms with Gasteiger partial charge >= 0.3 is 0 Å². The molecule has 0 aliphatic rings. The number of rotatable bonds is 2. The molecule has 0 aliphatic carbocycles. The Kier molecular flexibility index (Phi) is 3.00. The second-order valence-electron chi connectivity index (χ2n) is 3.59. The molecule has 5 nitrogen and oxygen atoms in total. The van der Waals surface area contributed by atoms with Crippen molar-refractivity contribution in [1.29, 1.82) is 0 Å². The van der Waals surface area contributed by atoms with Gasteiger partial charge in [-0.15, -0.1) is 0 Å². The molecule has 0 fully saturated rings. The van der Waals surface area contributed by atoms with Crippen LogP contribution in [0.25, 0.3) is 0 Å². The number of aryl methyl sites for hydroxylation is 1. The van der Waals surface area contributed by atoms with E-state index in [4.69, 9.17) is 5.73 Å². The number of anilines is 2. The predicted octanol–water partition coefficient (Wildman–Crippen LogP) is 1.62. The molecule has 0 unspecified atom stereocenters. The van der Waals surface area contributed by atoms with E-state index in [0.717, 1.165) is 5.69 Å². The lowest BCUT2D eigenvalue weighted by molar-refractivity contribution is 0.102. The number of nitrogens with two attached hydrogens (primary N) is 1. The zero-order chi connectivity index (χ0) is 12.3. The van der Waals surface area contributed by atoms with Gasteiger partial charge in [0.05, 0.1) is 11.9 Å². The van der Waals surface area contributed by atoms with Crippen LogP contribution in [0.5, 0.6) is 0 Å². The fourth-order valence-corrected chi connectivity index (χ4v) is 1.34. The fourth-order valence-electron chi connectivity index (χ4n) is 1.34. The molecule has 0 saturated heterocycles. The molecule has 1 amide bonds. The lowest BCUT2D eigenvalue weighted by Crippen LogP contribution is -2.14. The first-order valence-corrected chi connectivity index (χ1v) is 5.12. The van der Waals surface area contributed by atoms with Crippen LogP contribution in [0.4, 0.5) is 11.5 Å². The second kappa shape index (κ2) is 4.61. The lowest BCUT2D eigenvalue weighted by Gasteiger charge is -2.04. The zero-order valence-electron chi connectivity index (χ0n) is 9.34. The highest BCUT2D eigenvalue weighted by molar-refractivity contribution is 6.02. The van der Waals surface area contributed by atoms with Gasteiger partial charge in [0.25, 0.3) is 5.91 Å². The van der Waals surface area contributed by atoms with Crippen molar-refractivity contribution in [2.24, 2.45) is 0 Å². The molecule has 2 aromatic rings. The Morgan fingerprint density at radius 3 is 2.76 bits per heavy atom. The number of nitrogen functional groups attached to an aromatic ring is 1. The Balaban J connectivity index is 2.14. The standard InChI is InChI=1S/C12H12N4O/c1-8-3-2-4-10(15-8)12(17)16-9-5-6-11(13)14-7-9/h2-7H,1H3,(H2,13,14)(H,16,17). The fraction of sp³-hybridized carbons (Fsp3) is 0.0833. The van der Waals surface area contributed by atoms with Gasteiger partial charge < -0.3 is 11.1 Å². The van der Waals surface area contributed by atoms with Crippen molar-refractivity contribution in [3.05, 3.63) is 47.9 Å². The molecule has 0 radical (unpaired) electrons. The largest absolute Gasteiger partial charge is 0.384 e. The Labute approximate surface area is 98.7 Å². The minimum absolute atomic E-state index is 0.264. The lowest BCUT2D eigenvalue weighted by atomic mass is 10.3. The third-order valence-corrected chi connectivity index (χ3v) is 2.17. The van der Waals surface area contributed by atoms with E-state index in [0.29, 0.717) is 17.2 Å². The number of pyridine rings is 2. The summed E-state index contributed by atoms with van der Waals surface area (Å²) in [5.41, 5.74) is 7.22. The first-order valence-electron chi connectivity index (χ1n) is 5.12. The minimum atomic E-state index is -0.264. The molecule has 0 atom stereocenters. The molecular weight excluding hydrogens is 216 g/mol. The van der Waals surface area contributed by atoms with Gasteiger partial charge in [-0.1, -0.05) is 6.07 Å². The molecule has 86 valence electrons. The first kappa shape index (κ1) is 11.1. The van der Waals surface area contributed by atoms with E-state index in [1.54, 1.807) is 24.3 Å². The van der Waals surface area contributed by atoms with Crippen LogP contribution in [-0.2, 0) is 0 Å². The van der Waals surface area contributed by atoms with Crippen molar-refractivity contribution in [1.82, 2.24) is 9.97 Å². The molecule has 0 bridgehead atoms. The SMILES string of the molecule is Cc1cccc(C(=O)Nc2ccc(N)nc2)n1. The van der Waals surface area contributed by atoms with Gasteiger partial charge in [0.15, 0.2) is 0 Å². The minimum Gasteiger partial charge on any atom is -0.384 e. The molecule has 0 aromatic carbocycles. The van der Waals surface area contributed by atoms with Crippen LogP contribution < -0.4 is 11.1 Å². The Morgan fingerprint density at radius 1 is 1.29 bits per heavy atom. The number of aromatic nitrogens is 2. The van der Waals surface area contributed by atoms with Crippen LogP contribution in [0.15, 0.2) is 36.5 Å². The Hall–Kier alpha value is -2.43. The summed E-state index contributed by atoms with van der Waals surface area (Å²) in [5, 5.41) is 2.69. The van der Waals surface area contributed by atoms with Crippen molar-refractivity contribution in [3.8, 4) is 0 Å². The topological polar surface area (TPSA) is 80.9 Å². The highest BCUT2D eigenvalue weighted by atomic mass is 16.1. The molecule has 5 heteroatoms. The molecule has 0 saturated carbocycles. The van der Waals surface area contributed by atoms with Crippen LogP contribution in [-0.4, -0.2) is 15.9 Å². The average molecular weight is 228 g/mol. The van der Waals surface area contributed by atoms with E-state index >= 15 is 0 Å². The highest BCUT2D eigenvalue weighted by Crippen LogP contribution is 2.08. The molecule has 0 aliphatic heterocycles. The van der Waals surface area contributed by atoms with E-state index in [-0.39, 0.29) is 5.91 Å². The van der Waals surface area contributed by atoms with Crippen LogP contribution >= 0.6 is 0 Å². The van der Waals surface area contributed by atoms with E-state index in [2.05, 4.69) is 15.3 Å². The number of nitrogens with one attached hydrogen (secondary N) is 1. The van der Waals surface area contributed by atoms with Gasteiger partial charge in [0.1, 0.15) is 11.5 Å². The van der Waals surface area contributed by atoms with E-state index < -0.39 is 0 Å². The normalized spacial score (nSPS) is 9.94. The average Bonchev–Trinajstić information content (AvgIpc) is 2.32. The quantitative estimate of drug-likeness (QED) is 0.818. The number of hydrogen-bond acceptors (Lipinski definition) is 4. The van der Waals surface area contributed by atoms with Gasteiger partial charge in [-0.25, -0.2) is 9.97 Å². The number of hydrogen-bond donors (Lipinski definition) is 2. The third-order valence-electron chi connectivity index (χ3n) is 2.17. The summed E-state index contributed by atoms with van der Waals surface area (Å²) >= 11 is 0. The van der Waals surface area contributed by atoms with Crippen molar-refractivity contribution in [2.45, 2.75) is 6.92 Å². The van der Waals surface area contributed by atoms with Crippen LogP contribution in [0.3, 0.4) is 0 Å². The Morgan fingerprint density at radius 2 is 2.12 bits per heavy atom. The smallest absolute Gasteiger partial charge is 0.274 e. The molecular formula is C12H12N4O. The van der Waals surface area contributed by atoms with Gasteiger partial charge in [-0.05, 0) is 31.2 Å². The summed E-state index contributed by atoms with van der Waals surface area (Å²) < 4.78 is 0. The van der Waals surface area contributed by atoms with Crippen molar-refractivity contribution in [2.75, 3.05) is 11.1 Å². The third kappa shape index (κ3) is 2.78. The van der Waals surface area contributed by atoms with Gasteiger partial charge in [-0.3, -0.25) is 4.79 Å². The predicted molar refractivity (Wildman–Crippen MR) is 65.6 cm³/mol. The number of amides is 1. The van der Waals surface area contributed by atoms with Crippen molar-refractivity contribution in [3.63, 3.8) is 0 Å². The molecule has 3 N–H and O–H groups in total. The summed E-state index contributed by atoms with van der Waals surface area (Å²) in [6.45, 7) is 1.83. The van der Waals surface area contributed by atoms with Gasteiger partial charge in [0.2, 0.25) is 0 Å². The summed E-state index contributed by atoms with van der Waals surface area (Å²) in [4.78, 5) is 19.8. The van der Waals surface area contributed by atoms with Crippen LogP contribution in [0.2, 0.25) is 0 Å². The molecule has 17 heavy (non-hydrogen) atoms. The van der Waals surface area contributed by atoms with E-state index in [9.17, 15) is 4.79 Å². The molecule has 2 heterocycles. The monoisotopic (exact) mass is 228 g/mol. The summed E-state index contributed by atoms with van der Waals surface area (Å²) in [6.07, 6.45) is 1.50. The Bertz CT molecular complexity index is 536. The van der Waals surface area contributed by atoms with Crippen molar-refractivity contribution >= 4 is 17.4 Å². The van der Waals surface area contributed by atoms with E-state index in [1.807, 2.05) is 13.0 Å². The highest BCUT2D eigenvalue weighted by Gasteiger charge is 2.07. The summed E-state index contributed by atoms with van der Waals surface area (Å²) in [7, 11) is 0. The summed E-state index contributed by atoms with van der Waals surface area (Å²) in [5.74, 6) is 0.150. The van der Waals surface area contributed by atoms with Crippen LogP contribution in [0.1, 0.15) is 16.2 Å². The zero-order valence-corrected chi connectivity index (χ0v) is 9.34. The van der Waals surface area contributed by atoms with Crippen LogP contribution in [0, 0.1) is 6.92 Å². The van der Waals surface area contributed by atoms with E-state index in [1.165, 1.54) is 6.20 Å².